The van der Waals surface area contributed by atoms with Crippen LogP contribution in [0, 0.1) is 11.8 Å². The predicted molar refractivity (Wildman–Crippen MR) is 136 cm³/mol. The Morgan fingerprint density at radius 2 is 2.11 bits per heavy atom. The SMILES string of the molecule is CCN1CC(=O)Nc2cc(Nc3ncc(Cl)c(N[C@H]4[C@@H](OC(N)=O)[C@@H]5C=C[C@H]4C5)n3)c(OC)cc2C1. The maximum atomic E-state index is 12.3. The van der Waals surface area contributed by atoms with Crippen LogP contribution >= 0.6 is 11.6 Å². The second-order valence-electron chi connectivity index (χ2n) is 9.10. The lowest BCUT2D eigenvalue weighted by Crippen LogP contribution is -2.41. The monoisotopic (exact) mass is 513 g/mol. The highest BCUT2D eigenvalue weighted by Crippen LogP contribution is 2.43. The molecule has 3 aliphatic rings. The summed E-state index contributed by atoms with van der Waals surface area (Å²) in [4.78, 5) is 34.7. The molecule has 5 N–H and O–H groups in total. The minimum Gasteiger partial charge on any atom is -0.495 e. The molecule has 1 fully saturated rings. The van der Waals surface area contributed by atoms with Gasteiger partial charge in [-0.3, -0.25) is 9.69 Å². The lowest BCUT2D eigenvalue weighted by atomic mass is 9.98. The van der Waals surface area contributed by atoms with Crippen molar-refractivity contribution in [2.75, 3.05) is 36.1 Å². The fourth-order valence-electron chi connectivity index (χ4n) is 5.12. The smallest absolute Gasteiger partial charge is 0.404 e. The van der Waals surface area contributed by atoms with Gasteiger partial charge in [-0.15, -0.1) is 0 Å². The number of rotatable bonds is 7. The average molecular weight is 514 g/mol. The summed E-state index contributed by atoms with van der Waals surface area (Å²) < 4.78 is 11.0. The van der Waals surface area contributed by atoms with Crippen molar-refractivity contribution in [1.82, 2.24) is 14.9 Å². The van der Waals surface area contributed by atoms with E-state index in [0.29, 0.717) is 41.1 Å². The third kappa shape index (κ3) is 4.76. The Bertz CT molecular complexity index is 1220. The van der Waals surface area contributed by atoms with E-state index < -0.39 is 12.2 Å². The lowest BCUT2D eigenvalue weighted by molar-refractivity contribution is -0.117. The molecule has 190 valence electrons. The molecule has 5 rings (SSSR count). The van der Waals surface area contributed by atoms with E-state index in [1.807, 2.05) is 30.0 Å². The number of methoxy groups -OCH3 is 1. The van der Waals surface area contributed by atoms with Gasteiger partial charge in [0.15, 0.2) is 5.82 Å². The number of nitrogens with zero attached hydrogens (tertiary/aromatic N) is 3. The second kappa shape index (κ2) is 9.82. The van der Waals surface area contributed by atoms with Crippen LogP contribution in [-0.4, -0.2) is 59.2 Å². The molecule has 1 saturated carbocycles. The normalized spacial score (nSPS) is 24.6. The van der Waals surface area contributed by atoms with Crippen molar-refractivity contribution in [1.29, 1.82) is 0 Å². The van der Waals surface area contributed by atoms with Crippen LogP contribution in [0.25, 0.3) is 0 Å². The number of nitrogens with two attached hydrogens (primary N) is 1. The highest BCUT2D eigenvalue weighted by atomic mass is 35.5. The van der Waals surface area contributed by atoms with Gasteiger partial charge in [-0.05, 0) is 30.7 Å². The quantitative estimate of drug-likeness (QED) is 0.410. The molecule has 1 aromatic carbocycles. The number of hydrogen-bond donors (Lipinski definition) is 4. The van der Waals surface area contributed by atoms with Gasteiger partial charge in [0.25, 0.3) is 0 Å². The molecule has 0 saturated heterocycles. The number of likely N-dealkylation sites (N-methyl/N-ethyl adjacent to an activating group) is 1. The van der Waals surface area contributed by atoms with Crippen molar-refractivity contribution in [3.05, 3.63) is 41.1 Å². The van der Waals surface area contributed by atoms with Gasteiger partial charge < -0.3 is 31.2 Å². The molecule has 1 aromatic heterocycles. The maximum Gasteiger partial charge on any atom is 0.404 e. The molecule has 1 aliphatic heterocycles. The first-order valence-electron chi connectivity index (χ1n) is 11.8. The van der Waals surface area contributed by atoms with Crippen molar-refractivity contribution in [3.8, 4) is 5.75 Å². The van der Waals surface area contributed by atoms with Crippen molar-refractivity contribution in [2.45, 2.75) is 32.0 Å². The summed E-state index contributed by atoms with van der Waals surface area (Å²) in [6.45, 7) is 3.72. The van der Waals surface area contributed by atoms with E-state index >= 15 is 0 Å². The summed E-state index contributed by atoms with van der Waals surface area (Å²) in [5.41, 5.74) is 7.54. The molecule has 0 radical (unpaired) electrons. The predicted octanol–water partition coefficient (Wildman–Crippen LogP) is 3.11. The molecule has 36 heavy (non-hydrogen) atoms. The maximum absolute atomic E-state index is 12.3. The number of carbonyl (C=O) groups is 2. The Balaban J connectivity index is 1.40. The minimum absolute atomic E-state index is 0.0754. The first-order chi connectivity index (χ1) is 17.3. The van der Waals surface area contributed by atoms with Crippen LogP contribution in [0.15, 0.2) is 30.5 Å². The Labute approximate surface area is 213 Å². The molecule has 11 nitrogen and oxygen atoms in total. The Hall–Kier alpha value is -3.57. The fourth-order valence-corrected chi connectivity index (χ4v) is 5.26. The van der Waals surface area contributed by atoms with Crippen molar-refractivity contribution < 1.29 is 19.1 Å². The molecule has 2 amide bonds. The Kier molecular flexibility index (Phi) is 6.59. The number of anilines is 4. The molecule has 2 aliphatic carbocycles. The molecule has 2 bridgehead atoms. The average Bonchev–Trinajstić information content (AvgIpc) is 3.39. The number of ether oxygens (including phenoxy) is 2. The van der Waals surface area contributed by atoms with Crippen LogP contribution in [0.3, 0.4) is 0 Å². The van der Waals surface area contributed by atoms with Crippen molar-refractivity contribution >= 4 is 46.7 Å². The lowest BCUT2D eigenvalue weighted by Gasteiger charge is -2.28. The summed E-state index contributed by atoms with van der Waals surface area (Å²) in [7, 11) is 1.58. The van der Waals surface area contributed by atoms with Gasteiger partial charge in [0.1, 0.15) is 16.9 Å². The van der Waals surface area contributed by atoms with E-state index in [4.69, 9.17) is 26.8 Å². The van der Waals surface area contributed by atoms with Gasteiger partial charge in [0.05, 0.1) is 31.6 Å². The summed E-state index contributed by atoms with van der Waals surface area (Å²) in [6, 6.07) is 3.49. The van der Waals surface area contributed by atoms with E-state index in [2.05, 4.69) is 32.0 Å². The number of amides is 2. The fraction of sp³-hybridized carbons (Fsp3) is 0.417. The zero-order valence-corrected chi connectivity index (χ0v) is 20.7. The number of carbonyl (C=O) groups excluding carboxylic acids is 2. The Morgan fingerprint density at radius 3 is 2.86 bits per heavy atom. The number of aromatic nitrogens is 2. The number of hydrogen-bond acceptors (Lipinski definition) is 9. The number of benzene rings is 1. The highest BCUT2D eigenvalue weighted by molar-refractivity contribution is 6.32. The van der Waals surface area contributed by atoms with Crippen LogP contribution in [0.5, 0.6) is 5.75 Å². The topological polar surface area (TPSA) is 144 Å². The van der Waals surface area contributed by atoms with Gasteiger partial charge in [-0.1, -0.05) is 30.7 Å². The van der Waals surface area contributed by atoms with E-state index in [0.717, 1.165) is 18.5 Å². The summed E-state index contributed by atoms with van der Waals surface area (Å²) in [6.07, 6.45) is 5.28. The van der Waals surface area contributed by atoms with Gasteiger partial charge in [0.2, 0.25) is 11.9 Å². The van der Waals surface area contributed by atoms with Crippen LogP contribution < -0.4 is 26.4 Å². The number of nitrogens with one attached hydrogen (secondary N) is 3. The Morgan fingerprint density at radius 1 is 1.31 bits per heavy atom. The number of halogens is 1. The first kappa shape index (κ1) is 24.1. The molecular weight excluding hydrogens is 486 g/mol. The molecular formula is C24H28ClN7O4. The van der Waals surface area contributed by atoms with Crippen LogP contribution in [0.4, 0.5) is 27.9 Å². The van der Waals surface area contributed by atoms with E-state index in [9.17, 15) is 9.59 Å². The van der Waals surface area contributed by atoms with Gasteiger partial charge >= 0.3 is 6.09 Å². The molecule has 12 heteroatoms. The van der Waals surface area contributed by atoms with Gasteiger partial charge in [-0.25, -0.2) is 9.78 Å². The third-order valence-electron chi connectivity index (χ3n) is 6.84. The second-order valence-corrected chi connectivity index (χ2v) is 9.50. The minimum atomic E-state index is -0.812. The largest absolute Gasteiger partial charge is 0.495 e. The molecule has 2 aromatic rings. The highest BCUT2D eigenvalue weighted by Gasteiger charge is 2.47. The third-order valence-corrected chi connectivity index (χ3v) is 7.12. The number of fused-ring (bicyclic) bond motifs is 3. The molecule has 0 spiro atoms. The van der Waals surface area contributed by atoms with Crippen LogP contribution in [0.1, 0.15) is 18.9 Å². The standard InChI is InChI=1S/C24H28ClN7O4/c1-3-32-10-14-7-18(35-2)17(8-16(14)28-19(33)11-32)29-24-27-9-15(25)22(31-24)30-20-12-4-5-13(6-12)21(20)36-23(26)34/h4-5,7-9,12-13,20-21H,3,6,10-11H2,1-2H3,(H2,26,34)(H,28,33)(H2,27,29,30,31)/t12-,13+,20+,21-/m0/s1. The molecule has 2 heterocycles. The van der Waals surface area contributed by atoms with Crippen LogP contribution in [0.2, 0.25) is 5.02 Å². The van der Waals surface area contributed by atoms with E-state index in [-0.39, 0.29) is 29.7 Å². The van der Waals surface area contributed by atoms with Crippen molar-refractivity contribution in [2.24, 2.45) is 17.6 Å². The van der Waals surface area contributed by atoms with Crippen LogP contribution in [-0.2, 0) is 16.1 Å². The van der Waals surface area contributed by atoms with Gasteiger partial charge in [-0.2, -0.15) is 4.98 Å². The first-order valence-corrected chi connectivity index (χ1v) is 12.2. The number of primary amides is 1. The summed E-state index contributed by atoms with van der Waals surface area (Å²) in [5.74, 6) is 1.45. The van der Waals surface area contributed by atoms with E-state index in [1.165, 1.54) is 6.20 Å². The zero-order chi connectivity index (χ0) is 25.4. The van der Waals surface area contributed by atoms with Gasteiger partial charge in [0, 0.05) is 24.1 Å². The van der Waals surface area contributed by atoms with Crippen molar-refractivity contribution in [3.63, 3.8) is 0 Å². The summed E-state index contributed by atoms with van der Waals surface area (Å²) >= 11 is 6.41. The zero-order valence-electron chi connectivity index (χ0n) is 20.0. The summed E-state index contributed by atoms with van der Waals surface area (Å²) in [5, 5.41) is 9.78. The van der Waals surface area contributed by atoms with E-state index in [1.54, 1.807) is 7.11 Å². The molecule has 4 atom stereocenters. The molecule has 0 unspecified atom stereocenters.